The van der Waals surface area contributed by atoms with Gasteiger partial charge in [-0.05, 0) is 25.9 Å². The van der Waals surface area contributed by atoms with E-state index < -0.39 is 11.9 Å². The molecular weight excluding hydrogens is 274 g/mol. The smallest absolute Gasteiger partial charge is 0.303 e. The lowest BCUT2D eigenvalue weighted by molar-refractivity contribution is -0.138. The summed E-state index contributed by atoms with van der Waals surface area (Å²) in [7, 11) is 0. The number of carboxylic acid groups (broad SMARTS) is 2. The van der Waals surface area contributed by atoms with Crippen LogP contribution in [-0.4, -0.2) is 84.3 Å². The van der Waals surface area contributed by atoms with Crippen LogP contribution in [0.2, 0.25) is 0 Å². The first-order valence-corrected chi connectivity index (χ1v) is 7.67. The molecule has 0 aromatic rings. The lowest BCUT2D eigenvalue weighted by Gasteiger charge is -2.25. The van der Waals surface area contributed by atoms with Gasteiger partial charge in [-0.1, -0.05) is 0 Å². The quantitative estimate of drug-likeness (QED) is 0.577. The number of carbonyl (C=O) groups is 2. The Balaban J connectivity index is 2.30. The van der Waals surface area contributed by atoms with Gasteiger partial charge in [0.05, 0.1) is 0 Å². The normalized spacial score (nSPS) is 18.7. The Bertz CT molecular complexity index is 295. The molecule has 122 valence electrons. The van der Waals surface area contributed by atoms with Gasteiger partial charge in [0.1, 0.15) is 0 Å². The first-order chi connectivity index (χ1) is 10.1. The van der Waals surface area contributed by atoms with Gasteiger partial charge in [0, 0.05) is 52.1 Å². The Labute approximate surface area is 125 Å². The second kappa shape index (κ2) is 10.5. The zero-order valence-electron chi connectivity index (χ0n) is 12.6. The molecule has 7 heteroatoms. The largest absolute Gasteiger partial charge is 0.481 e. The van der Waals surface area contributed by atoms with Crippen molar-refractivity contribution in [3.63, 3.8) is 0 Å². The van der Waals surface area contributed by atoms with E-state index in [0.29, 0.717) is 12.8 Å². The van der Waals surface area contributed by atoms with Gasteiger partial charge in [0.2, 0.25) is 0 Å². The molecule has 1 saturated heterocycles. The fourth-order valence-electron chi connectivity index (χ4n) is 2.46. The number of nitrogens with one attached hydrogen (secondary N) is 1. The molecule has 1 aliphatic rings. The lowest BCUT2D eigenvalue weighted by atomic mass is 10.2. The van der Waals surface area contributed by atoms with E-state index in [0.717, 1.165) is 52.4 Å². The van der Waals surface area contributed by atoms with E-state index in [1.54, 1.807) is 0 Å². The molecule has 0 bridgehead atoms. The van der Waals surface area contributed by atoms with Crippen molar-refractivity contribution in [1.82, 2.24) is 15.1 Å². The topological polar surface area (TPSA) is 93.1 Å². The summed E-state index contributed by atoms with van der Waals surface area (Å²) in [5, 5.41) is 20.7. The Morgan fingerprint density at radius 2 is 1.24 bits per heavy atom. The van der Waals surface area contributed by atoms with Crippen molar-refractivity contribution in [2.24, 2.45) is 0 Å². The highest BCUT2D eigenvalue weighted by molar-refractivity contribution is 5.66. The molecule has 21 heavy (non-hydrogen) atoms. The summed E-state index contributed by atoms with van der Waals surface area (Å²) in [5.41, 5.74) is 0. The van der Waals surface area contributed by atoms with E-state index in [1.807, 2.05) is 0 Å². The van der Waals surface area contributed by atoms with Gasteiger partial charge >= 0.3 is 11.9 Å². The fourth-order valence-corrected chi connectivity index (χ4v) is 2.46. The van der Waals surface area contributed by atoms with E-state index in [1.165, 1.54) is 0 Å². The molecule has 1 aliphatic heterocycles. The van der Waals surface area contributed by atoms with Crippen LogP contribution in [0.25, 0.3) is 0 Å². The Kier molecular flexibility index (Phi) is 8.96. The Morgan fingerprint density at radius 1 is 0.810 bits per heavy atom. The number of hydrogen-bond donors (Lipinski definition) is 3. The van der Waals surface area contributed by atoms with Crippen molar-refractivity contribution in [2.75, 3.05) is 52.4 Å². The molecule has 7 nitrogen and oxygen atoms in total. The van der Waals surface area contributed by atoms with Crippen molar-refractivity contribution in [3.05, 3.63) is 0 Å². The van der Waals surface area contributed by atoms with Gasteiger partial charge in [-0.25, -0.2) is 0 Å². The summed E-state index contributed by atoms with van der Waals surface area (Å²) < 4.78 is 0. The Morgan fingerprint density at radius 3 is 1.62 bits per heavy atom. The van der Waals surface area contributed by atoms with Crippen molar-refractivity contribution in [3.8, 4) is 0 Å². The summed E-state index contributed by atoms with van der Waals surface area (Å²) in [5.74, 6) is -1.49. The van der Waals surface area contributed by atoms with Gasteiger partial charge in [-0.3, -0.25) is 9.59 Å². The number of aliphatic carboxylic acids is 2. The van der Waals surface area contributed by atoms with Crippen molar-refractivity contribution < 1.29 is 19.8 Å². The first kappa shape index (κ1) is 17.9. The van der Waals surface area contributed by atoms with Gasteiger partial charge in [0.25, 0.3) is 0 Å². The fraction of sp³-hybridized carbons (Fsp3) is 0.857. The van der Waals surface area contributed by atoms with Crippen LogP contribution in [0.4, 0.5) is 0 Å². The standard InChI is InChI=1S/C14H27N3O4/c18-13(19)3-1-7-16-9-5-15-6-10-17(12-11-16)8-2-4-14(20)21/h15H,1-12H2,(H,18,19)(H,20,21). The summed E-state index contributed by atoms with van der Waals surface area (Å²) in [4.78, 5) is 25.7. The summed E-state index contributed by atoms with van der Waals surface area (Å²) in [6.45, 7) is 7.12. The minimum Gasteiger partial charge on any atom is -0.481 e. The molecule has 1 heterocycles. The zero-order valence-corrected chi connectivity index (χ0v) is 12.6. The molecule has 0 unspecified atom stereocenters. The summed E-state index contributed by atoms with van der Waals surface area (Å²) >= 11 is 0. The van der Waals surface area contributed by atoms with Gasteiger partial charge in [0.15, 0.2) is 0 Å². The number of carboxylic acids is 2. The van der Waals surface area contributed by atoms with Gasteiger partial charge < -0.3 is 25.3 Å². The molecular formula is C14H27N3O4. The van der Waals surface area contributed by atoms with Crippen LogP contribution >= 0.6 is 0 Å². The maximum atomic E-state index is 10.6. The minimum atomic E-state index is -0.743. The van der Waals surface area contributed by atoms with Crippen LogP contribution in [0.3, 0.4) is 0 Å². The van der Waals surface area contributed by atoms with E-state index >= 15 is 0 Å². The highest BCUT2D eigenvalue weighted by Crippen LogP contribution is 2.01. The van der Waals surface area contributed by atoms with E-state index in [9.17, 15) is 9.59 Å². The Hall–Kier alpha value is -1.18. The van der Waals surface area contributed by atoms with Crippen molar-refractivity contribution in [2.45, 2.75) is 25.7 Å². The molecule has 0 aliphatic carbocycles. The van der Waals surface area contributed by atoms with Gasteiger partial charge in [-0.15, -0.1) is 0 Å². The predicted octanol–water partition coefficient (Wildman–Crippen LogP) is -0.0768. The second-order valence-electron chi connectivity index (χ2n) is 5.43. The average Bonchev–Trinajstić information content (AvgIpc) is 2.51. The average molecular weight is 301 g/mol. The highest BCUT2D eigenvalue weighted by atomic mass is 16.4. The monoisotopic (exact) mass is 301 g/mol. The summed E-state index contributed by atoms with van der Waals surface area (Å²) in [6, 6.07) is 0. The van der Waals surface area contributed by atoms with Crippen LogP contribution in [0.5, 0.6) is 0 Å². The van der Waals surface area contributed by atoms with Crippen molar-refractivity contribution in [1.29, 1.82) is 0 Å². The lowest BCUT2D eigenvalue weighted by Crippen LogP contribution is -2.37. The third-order valence-electron chi connectivity index (χ3n) is 3.67. The molecule has 0 atom stereocenters. The number of hydrogen-bond acceptors (Lipinski definition) is 5. The molecule has 0 radical (unpaired) electrons. The molecule has 0 aromatic heterocycles. The molecule has 0 spiro atoms. The minimum absolute atomic E-state index is 0.215. The molecule has 1 rings (SSSR count). The second-order valence-corrected chi connectivity index (χ2v) is 5.43. The third kappa shape index (κ3) is 9.38. The summed E-state index contributed by atoms with van der Waals surface area (Å²) in [6.07, 6.45) is 1.78. The van der Waals surface area contributed by atoms with Crippen LogP contribution in [0, 0.1) is 0 Å². The van der Waals surface area contributed by atoms with Crippen LogP contribution in [0.15, 0.2) is 0 Å². The third-order valence-corrected chi connectivity index (χ3v) is 3.67. The number of rotatable bonds is 8. The van der Waals surface area contributed by atoms with E-state index in [2.05, 4.69) is 15.1 Å². The maximum Gasteiger partial charge on any atom is 0.303 e. The van der Waals surface area contributed by atoms with Crippen molar-refractivity contribution >= 4 is 11.9 Å². The molecule has 1 fully saturated rings. The molecule has 0 saturated carbocycles. The molecule has 0 amide bonds. The first-order valence-electron chi connectivity index (χ1n) is 7.67. The number of nitrogens with zero attached hydrogens (tertiary/aromatic N) is 2. The predicted molar refractivity (Wildman–Crippen MR) is 79.5 cm³/mol. The zero-order chi connectivity index (χ0) is 15.5. The van der Waals surface area contributed by atoms with E-state index in [4.69, 9.17) is 10.2 Å². The van der Waals surface area contributed by atoms with Crippen LogP contribution in [-0.2, 0) is 9.59 Å². The van der Waals surface area contributed by atoms with Crippen LogP contribution < -0.4 is 5.32 Å². The molecule has 0 aromatic carbocycles. The maximum absolute atomic E-state index is 10.6. The van der Waals surface area contributed by atoms with E-state index in [-0.39, 0.29) is 12.8 Å². The molecule has 3 N–H and O–H groups in total. The highest BCUT2D eigenvalue weighted by Gasteiger charge is 2.12. The SMILES string of the molecule is O=C(O)CCCN1CCNCCN(CCCC(=O)O)CC1. The van der Waals surface area contributed by atoms with Gasteiger partial charge in [-0.2, -0.15) is 0 Å². The van der Waals surface area contributed by atoms with Crippen LogP contribution in [0.1, 0.15) is 25.7 Å².